The molecule has 0 saturated carbocycles. The monoisotopic (exact) mass is 368 g/mol. The highest BCUT2D eigenvalue weighted by Gasteiger charge is 2.38. The Balaban J connectivity index is 2.31. The second-order valence-electron chi connectivity index (χ2n) is 4.55. The van der Waals surface area contributed by atoms with Crippen LogP contribution in [0.2, 0.25) is 0 Å². The normalized spacial score (nSPS) is 21.6. The summed E-state index contributed by atoms with van der Waals surface area (Å²) in [7, 11) is 1.70. The van der Waals surface area contributed by atoms with Gasteiger partial charge in [-0.1, -0.05) is 24.0 Å². The molecule has 1 aromatic carbocycles. The van der Waals surface area contributed by atoms with Crippen molar-refractivity contribution < 1.29 is 9.59 Å². The van der Waals surface area contributed by atoms with Gasteiger partial charge in [0.2, 0.25) is 0 Å². The molecule has 4 nitrogen and oxygen atoms in total. The molecule has 2 aliphatic heterocycles. The largest absolute Gasteiger partial charge is 0.310 e. The van der Waals surface area contributed by atoms with Crippen LogP contribution in [0.3, 0.4) is 0 Å². The van der Waals surface area contributed by atoms with Crippen molar-refractivity contribution in [1.29, 1.82) is 0 Å². The van der Waals surface area contributed by atoms with E-state index in [2.05, 4.69) is 21.2 Å². The fourth-order valence-corrected chi connectivity index (χ4v) is 4.30. The van der Waals surface area contributed by atoms with Crippen molar-refractivity contribution in [2.75, 3.05) is 11.9 Å². The Morgan fingerprint density at radius 1 is 1.35 bits per heavy atom. The maximum Gasteiger partial charge on any atom is 0.264 e. The van der Waals surface area contributed by atoms with Gasteiger partial charge in [0.25, 0.3) is 11.8 Å². The van der Waals surface area contributed by atoms with E-state index in [0.717, 1.165) is 33.0 Å². The van der Waals surface area contributed by atoms with Crippen LogP contribution in [0, 0.1) is 6.92 Å². The zero-order valence-corrected chi connectivity index (χ0v) is 13.8. The van der Waals surface area contributed by atoms with Gasteiger partial charge >= 0.3 is 0 Å². The second kappa shape index (κ2) is 4.68. The third kappa shape index (κ3) is 1.92. The summed E-state index contributed by atoms with van der Waals surface area (Å²) in [6, 6.07) is 3.86. The third-order valence-corrected chi connectivity index (χ3v) is 5.01. The Morgan fingerprint density at radius 3 is 2.65 bits per heavy atom. The Labute approximate surface area is 133 Å². The number of rotatable bonds is 0. The minimum atomic E-state index is -0.303. The van der Waals surface area contributed by atoms with Crippen molar-refractivity contribution >= 4 is 67.3 Å². The number of thiocarbonyl (C=S) groups is 1. The molecule has 7 heteroatoms. The molecular formula is C13H9BrN2O2S2. The fourth-order valence-electron chi connectivity index (χ4n) is 2.35. The lowest BCUT2D eigenvalue weighted by atomic mass is 10.0. The lowest BCUT2D eigenvalue weighted by Gasteiger charge is -2.11. The summed E-state index contributed by atoms with van der Waals surface area (Å²) in [6.45, 7) is 1.95. The van der Waals surface area contributed by atoms with Crippen molar-refractivity contribution in [3.63, 3.8) is 0 Å². The van der Waals surface area contributed by atoms with E-state index in [1.807, 2.05) is 19.1 Å². The summed E-state index contributed by atoms with van der Waals surface area (Å²) in [5.74, 6) is -0.490. The van der Waals surface area contributed by atoms with Crippen molar-refractivity contribution in [2.24, 2.45) is 0 Å². The quantitative estimate of drug-likeness (QED) is 0.564. The van der Waals surface area contributed by atoms with Gasteiger partial charge in [-0.05, 0) is 40.5 Å². The van der Waals surface area contributed by atoms with Crippen LogP contribution in [-0.4, -0.2) is 23.2 Å². The minimum absolute atomic E-state index is 0.186. The molecule has 2 amide bonds. The number of hydrogen-bond acceptors (Lipinski definition) is 4. The number of nitrogens with zero attached hydrogens (tertiary/aromatic N) is 1. The van der Waals surface area contributed by atoms with Crippen LogP contribution in [0.25, 0.3) is 5.57 Å². The van der Waals surface area contributed by atoms with E-state index in [1.54, 1.807) is 11.9 Å². The number of benzene rings is 1. The average molecular weight is 369 g/mol. The van der Waals surface area contributed by atoms with Crippen LogP contribution in [0.4, 0.5) is 5.69 Å². The minimum Gasteiger partial charge on any atom is -0.310 e. The van der Waals surface area contributed by atoms with Gasteiger partial charge in [-0.15, -0.1) is 0 Å². The SMILES string of the molecule is Cc1cc(Br)c2c(c1)C(=C1SC(=S)NC1=O)C(=O)N2C. The molecule has 0 aliphatic carbocycles. The van der Waals surface area contributed by atoms with Gasteiger partial charge < -0.3 is 10.2 Å². The molecule has 2 heterocycles. The smallest absolute Gasteiger partial charge is 0.264 e. The van der Waals surface area contributed by atoms with E-state index < -0.39 is 0 Å². The number of carbonyl (C=O) groups excluding carboxylic acids is 2. The van der Waals surface area contributed by atoms with Gasteiger partial charge in [-0.3, -0.25) is 9.59 Å². The summed E-state index contributed by atoms with van der Waals surface area (Å²) < 4.78 is 1.22. The van der Waals surface area contributed by atoms with Crippen molar-refractivity contribution in [3.8, 4) is 0 Å². The Hall–Kier alpha value is -1.18. The topological polar surface area (TPSA) is 49.4 Å². The molecule has 0 unspecified atom stereocenters. The summed E-state index contributed by atoms with van der Waals surface area (Å²) in [6.07, 6.45) is 0. The zero-order chi connectivity index (χ0) is 14.6. The van der Waals surface area contributed by atoms with Crippen molar-refractivity contribution in [1.82, 2.24) is 5.32 Å². The van der Waals surface area contributed by atoms with E-state index in [9.17, 15) is 9.59 Å². The number of anilines is 1. The molecule has 0 radical (unpaired) electrons. The number of halogens is 1. The molecule has 1 fully saturated rings. The molecule has 3 rings (SSSR count). The first-order chi connectivity index (χ1) is 9.40. The van der Waals surface area contributed by atoms with Crippen LogP contribution in [0.15, 0.2) is 21.5 Å². The predicted molar refractivity (Wildman–Crippen MR) is 87.5 cm³/mol. The fraction of sp³-hybridized carbons (Fsp3) is 0.154. The maximum absolute atomic E-state index is 12.5. The maximum atomic E-state index is 12.5. The summed E-state index contributed by atoms with van der Waals surface area (Å²) >= 11 is 9.61. The van der Waals surface area contributed by atoms with Crippen molar-refractivity contribution in [3.05, 3.63) is 32.6 Å². The summed E-state index contributed by atoms with van der Waals surface area (Å²) in [5.41, 5.74) is 3.00. The number of aryl methyl sites for hydroxylation is 1. The van der Waals surface area contributed by atoms with E-state index in [1.165, 1.54) is 0 Å². The summed E-state index contributed by atoms with van der Waals surface area (Å²) in [5, 5.41) is 2.55. The highest BCUT2D eigenvalue weighted by atomic mass is 79.9. The van der Waals surface area contributed by atoms with Crippen LogP contribution in [0.1, 0.15) is 11.1 Å². The van der Waals surface area contributed by atoms with Crippen LogP contribution >= 0.6 is 39.9 Å². The molecule has 0 bridgehead atoms. The van der Waals surface area contributed by atoms with Gasteiger partial charge in [0.1, 0.15) is 4.32 Å². The molecule has 1 saturated heterocycles. The molecule has 0 aromatic heterocycles. The lowest BCUT2D eigenvalue weighted by molar-refractivity contribution is -0.116. The van der Waals surface area contributed by atoms with Gasteiger partial charge in [-0.2, -0.15) is 0 Å². The number of nitrogens with one attached hydrogen (secondary N) is 1. The second-order valence-corrected chi connectivity index (χ2v) is 7.10. The molecule has 102 valence electrons. The first-order valence-corrected chi connectivity index (χ1v) is 7.78. The number of fused-ring (bicyclic) bond motifs is 1. The number of likely N-dealkylation sites (N-methyl/N-ethyl adjacent to an activating group) is 1. The zero-order valence-electron chi connectivity index (χ0n) is 10.6. The average Bonchev–Trinajstić information content (AvgIpc) is 2.78. The lowest BCUT2D eigenvalue weighted by Crippen LogP contribution is -2.23. The molecule has 1 N–H and O–H groups in total. The Kier molecular flexibility index (Phi) is 3.23. The third-order valence-electron chi connectivity index (χ3n) is 3.17. The number of amides is 2. The first-order valence-electron chi connectivity index (χ1n) is 5.76. The van der Waals surface area contributed by atoms with Gasteiger partial charge in [0, 0.05) is 17.1 Å². The molecule has 0 atom stereocenters. The first kappa shape index (κ1) is 13.8. The van der Waals surface area contributed by atoms with Crippen LogP contribution in [-0.2, 0) is 9.59 Å². The van der Waals surface area contributed by atoms with E-state index >= 15 is 0 Å². The van der Waals surface area contributed by atoms with Gasteiger partial charge in [0.05, 0.1) is 16.2 Å². The molecule has 0 spiro atoms. The number of hydrogen-bond donors (Lipinski definition) is 1. The molecule has 20 heavy (non-hydrogen) atoms. The van der Waals surface area contributed by atoms with E-state index in [0.29, 0.717) is 14.8 Å². The Bertz CT molecular complexity index is 727. The predicted octanol–water partition coefficient (Wildman–Crippen LogP) is 2.59. The highest BCUT2D eigenvalue weighted by molar-refractivity contribution is 9.10. The highest BCUT2D eigenvalue weighted by Crippen LogP contribution is 2.45. The molecular weight excluding hydrogens is 360 g/mol. The number of carbonyl (C=O) groups is 2. The molecule has 2 aliphatic rings. The van der Waals surface area contributed by atoms with E-state index in [4.69, 9.17) is 12.2 Å². The standard InChI is InChI=1S/C13H9BrN2O2S2/c1-5-3-6-8(10-11(17)15-13(19)20-10)12(18)16(2)9(6)7(14)4-5/h3-4H,1-2H3,(H,15,17,19). The van der Waals surface area contributed by atoms with Gasteiger partial charge in [0.15, 0.2) is 0 Å². The number of thioether (sulfide) groups is 1. The van der Waals surface area contributed by atoms with Crippen LogP contribution < -0.4 is 10.2 Å². The van der Waals surface area contributed by atoms with Crippen molar-refractivity contribution in [2.45, 2.75) is 6.92 Å². The van der Waals surface area contributed by atoms with Gasteiger partial charge in [-0.25, -0.2) is 0 Å². The summed E-state index contributed by atoms with van der Waals surface area (Å²) in [4.78, 5) is 26.3. The van der Waals surface area contributed by atoms with E-state index in [-0.39, 0.29) is 11.8 Å². The molecule has 1 aromatic rings. The van der Waals surface area contributed by atoms with Crippen LogP contribution in [0.5, 0.6) is 0 Å². The Morgan fingerprint density at radius 2 is 2.05 bits per heavy atom.